The summed E-state index contributed by atoms with van der Waals surface area (Å²) in [6.45, 7) is 2.24. The van der Waals surface area contributed by atoms with Crippen molar-refractivity contribution in [1.29, 1.82) is 0 Å². The van der Waals surface area contributed by atoms with Crippen molar-refractivity contribution in [3.63, 3.8) is 0 Å². The molecule has 78 valence electrons. The van der Waals surface area contributed by atoms with Gasteiger partial charge < -0.3 is 14.3 Å². The van der Waals surface area contributed by atoms with Gasteiger partial charge in [-0.2, -0.15) is 0 Å². The molecule has 0 radical (unpaired) electrons. The zero-order chi connectivity index (χ0) is 10.8. The molecule has 0 aliphatic carbocycles. The molecule has 0 aliphatic rings. The molecule has 0 fully saturated rings. The SMILES string of the molecule is CCOc1cc(=O)c2cc(O)ccc2o1. The Kier molecular flexibility index (Phi) is 2.33. The maximum absolute atomic E-state index is 11.6. The van der Waals surface area contributed by atoms with Gasteiger partial charge in [0.2, 0.25) is 0 Å². The molecule has 0 saturated heterocycles. The number of hydrogen-bond donors (Lipinski definition) is 1. The number of hydrogen-bond acceptors (Lipinski definition) is 4. The van der Waals surface area contributed by atoms with E-state index in [0.29, 0.717) is 17.6 Å². The highest BCUT2D eigenvalue weighted by Gasteiger charge is 2.05. The molecule has 15 heavy (non-hydrogen) atoms. The summed E-state index contributed by atoms with van der Waals surface area (Å²) in [5.41, 5.74) is 0.180. The van der Waals surface area contributed by atoms with Gasteiger partial charge in [0, 0.05) is 0 Å². The van der Waals surface area contributed by atoms with Crippen LogP contribution in [0.2, 0.25) is 0 Å². The summed E-state index contributed by atoms with van der Waals surface area (Å²) in [7, 11) is 0. The van der Waals surface area contributed by atoms with E-state index in [9.17, 15) is 9.90 Å². The first kappa shape index (κ1) is 9.58. The van der Waals surface area contributed by atoms with Crippen molar-refractivity contribution in [3.05, 3.63) is 34.5 Å². The molecule has 1 N–H and O–H groups in total. The molecule has 1 aromatic carbocycles. The second-order valence-corrected chi connectivity index (χ2v) is 3.04. The lowest BCUT2D eigenvalue weighted by atomic mass is 10.2. The van der Waals surface area contributed by atoms with Crippen LogP contribution >= 0.6 is 0 Å². The fraction of sp³-hybridized carbons (Fsp3) is 0.182. The van der Waals surface area contributed by atoms with Crippen molar-refractivity contribution < 1.29 is 14.3 Å². The number of phenols is 1. The van der Waals surface area contributed by atoms with Crippen molar-refractivity contribution in [1.82, 2.24) is 0 Å². The second-order valence-electron chi connectivity index (χ2n) is 3.04. The van der Waals surface area contributed by atoms with Crippen LogP contribution in [0.25, 0.3) is 11.0 Å². The summed E-state index contributed by atoms with van der Waals surface area (Å²) >= 11 is 0. The van der Waals surface area contributed by atoms with E-state index in [0.717, 1.165) is 0 Å². The monoisotopic (exact) mass is 206 g/mol. The molecule has 0 saturated carbocycles. The Hall–Kier alpha value is -1.97. The number of fused-ring (bicyclic) bond motifs is 1. The van der Waals surface area contributed by atoms with Crippen molar-refractivity contribution in [2.24, 2.45) is 0 Å². The lowest BCUT2D eigenvalue weighted by molar-refractivity contribution is 0.261. The maximum atomic E-state index is 11.6. The lowest BCUT2D eigenvalue weighted by Gasteiger charge is -2.02. The van der Waals surface area contributed by atoms with Gasteiger partial charge in [-0.3, -0.25) is 4.79 Å². The first-order valence-electron chi connectivity index (χ1n) is 4.60. The van der Waals surface area contributed by atoms with Crippen molar-refractivity contribution in [2.75, 3.05) is 6.61 Å². The van der Waals surface area contributed by atoms with Crippen LogP contribution in [0.1, 0.15) is 6.92 Å². The van der Waals surface area contributed by atoms with Gasteiger partial charge in [0.25, 0.3) is 5.95 Å². The molecule has 2 aromatic rings. The highest BCUT2D eigenvalue weighted by Crippen LogP contribution is 2.20. The standard InChI is InChI=1S/C11H10O4/c1-2-14-11-6-9(13)8-5-7(12)3-4-10(8)15-11/h3-6,12H,2H2,1H3. The fourth-order valence-electron chi connectivity index (χ4n) is 1.34. The molecule has 0 amide bonds. The summed E-state index contributed by atoms with van der Waals surface area (Å²) in [6.07, 6.45) is 0. The maximum Gasteiger partial charge on any atom is 0.288 e. The summed E-state index contributed by atoms with van der Waals surface area (Å²) in [5, 5.41) is 9.56. The molecule has 0 aliphatic heterocycles. The second kappa shape index (κ2) is 3.65. The minimum atomic E-state index is -0.226. The van der Waals surface area contributed by atoms with Crippen LogP contribution in [0.15, 0.2) is 33.5 Å². The number of ether oxygens (including phenoxy) is 1. The van der Waals surface area contributed by atoms with Gasteiger partial charge in [0.05, 0.1) is 18.1 Å². The molecule has 1 heterocycles. The van der Waals surface area contributed by atoms with Crippen molar-refractivity contribution in [3.8, 4) is 11.7 Å². The van der Waals surface area contributed by atoms with Crippen LogP contribution in [0, 0.1) is 0 Å². The van der Waals surface area contributed by atoms with Crippen LogP contribution in [-0.4, -0.2) is 11.7 Å². The van der Waals surface area contributed by atoms with Gasteiger partial charge in [-0.15, -0.1) is 0 Å². The molecule has 4 heteroatoms. The Bertz CT molecular complexity index is 542. The average molecular weight is 206 g/mol. The molecule has 0 atom stereocenters. The highest BCUT2D eigenvalue weighted by atomic mass is 16.6. The van der Waals surface area contributed by atoms with Crippen LogP contribution in [0.4, 0.5) is 0 Å². The van der Waals surface area contributed by atoms with Crippen LogP contribution in [-0.2, 0) is 0 Å². The van der Waals surface area contributed by atoms with Gasteiger partial charge in [0.15, 0.2) is 5.43 Å². The molecule has 1 aromatic heterocycles. The molecule has 4 nitrogen and oxygen atoms in total. The molecular formula is C11H10O4. The van der Waals surface area contributed by atoms with Gasteiger partial charge >= 0.3 is 0 Å². The Morgan fingerprint density at radius 1 is 1.40 bits per heavy atom. The van der Waals surface area contributed by atoms with E-state index in [4.69, 9.17) is 9.15 Å². The van der Waals surface area contributed by atoms with Crippen LogP contribution in [0.5, 0.6) is 11.7 Å². The van der Waals surface area contributed by atoms with Gasteiger partial charge in [-0.25, -0.2) is 0 Å². The van der Waals surface area contributed by atoms with Crippen LogP contribution < -0.4 is 10.2 Å². The molecule has 0 unspecified atom stereocenters. The van der Waals surface area contributed by atoms with Gasteiger partial charge in [-0.05, 0) is 25.1 Å². The quantitative estimate of drug-likeness (QED) is 0.815. The summed E-state index contributed by atoms with van der Waals surface area (Å²) in [6, 6.07) is 5.64. The predicted molar refractivity (Wildman–Crippen MR) is 55.3 cm³/mol. The molecule has 2 rings (SSSR count). The molecule has 0 spiro atoms. The van der Waals surface area contributed by atoms with E-state index in [1.165, 1.54) is 24.3 Å². The van der Waals surface area contributed by atoms with E-state index in [2.05, 4.69) is 0 Å². The number of phenolic OH excluding ortho intramolecular Hbond substituents is 1. The molecular weight excluding hydrogens is 196 g/mol. The molecule has 0 bridgehead atoms. The normalized spacial score (nSPS) is 10.5. The van der Waals surface area contributed by atoms with Crippen molar-refractivity contribution >= 4 is 11.0 Å². The van der Waals surface area contributed by atoms with E-state index in [-0.39, 0.29) is 17.1 Å². The summed E-state index contributed by atoms with van der Waals surface area (Å²) in [5.74, 6) is 0.236. The van der Waals surface area contributed by atoms with E-state index < -0.39 is 0 Å². The third-order valence-electron chi connectivity index (χ3n) is 1.97. The highest BCUT2D eigenvalue weighted by molar-refractivity contribution is 5.78. The zero-order valence-corrected chi connectivity index (χ0v) is 8.19. The zero-order valence-electron chi connectivity index (χ0n) is 8.19. The smallest absolute Gasteiger partial charge is 0.288 e. The Morgan fingerprint density at radius 3 is 2.93 bits per heavy atom. The van der Waals surface area contributed by atoms with Crippen LogP contribution in [0.3, 0.4) is 0 Å². The lowest BCUT2D eigenvalue weighted by Crippen LogP contribution is -2.02. The first-order chi connectivity index (χ1) is 7.20. The largest absolute Gasteiger partial charge is 0.508 e. The first-order valence-corrected chi connectivity index (χ1v) is 4.60. The summed E-state index contributed by atoms with van der Waals surface area (Å²) in [4.78, 5) is 11.6. The Labute approximate surface area is 85.7 Å². The number of benzene rings is 1. The Balaban J connectivity index is 2.67. The van der Waals surface area contributed by atoms with E-state index in [1.807, 2.05) is 0 Å². The van der Waals surface area contributed by atoms with E-state index in [1.54, 1.807) is 6.92 Å². The topological polar surface area (TPSA) is 59.7 Å². The van der Waals surface area contributed by atoms with Gasteiger partial charge in [-0.1, -0.05) is 0 Å². The average Bonchev–Trinajstić information content (AvgIpc) is 2.20. The minimum absolute atomic E-state index is 0.0407. The third-order valence-corrected chi connectivity index (χ3v) is 1.97. The minimum Gasteiger partial charge on any atom is -0.508 e. The van der Waals surface area contributed by atoms with Gasteiger partial charge in [0.1, 0.15) is 11.3 Å². The number of aromatic hydroxyl groups is 1. The third kappa shape index (κ3) is 1.79. The predicted octanol–water partition coefficient (Wildman–Crippen LogP) is 1.90. The fourth-order valence-corrected chi connectivity index (χ4v) is 1.34. The van der Waals surface area contributed by atoms with E-state index >= 15 is 0 Å². The van der Waals surface area contributed by atoms with Crippen molar-refractivity contribution in [2.45, 2.75) is 6.92 Å². The number of rotatable bonds is 2. The summed E-state index contributed by atoms with van der Waals surface area (Å²) < 4.78 is 10.4. The Morgan fingerprint density at radius 2 is 2.20 bits per heavy atom.